The first-order valence-electron chi connectivity index (χ1n) is 19.5. The summed E-state index contributed by atoms with van der Waals surface area (Å²) in [5.74, 6) is -5.90. The number of Topliss-reactive ketones (excluding diaryl/α,β-unsaturated/α-hetero) is 1. The van der Waals surface area contributed by atoms with Crippen molar-refractivity contribution in [3.05, 3.63) is 215 Å². The number of carbonyl (C=O) groups is 4. The van der Waals surface area contributed by atoms with Crippen molar-refractivity contribution in [3.8, 4) is 11.5 Å². The average molecular weight is 871 g/mol. The largest absolute Gasteiger partial charge is 0.489 e. The van der Waals surface area contributed by atoms with Crippen LogP contribution in [0, 0.1) is 23.3 Å². The minimum absolute atomic E-state index is 0.116. The molecule has 2 aromatic heterocycles. The van der Waals surface area contributed by atoms with Gasteiger partial charge in [-0.3, -0.25) is 19.2 Å². The van der Waals surface area contributed by atoms with E-state index in [4.69, 9.17) is 9.47 Å². The lowest BCUT2D eigenvalue weighted by Gasteiger charge is -2.12. The molecule has 1 unspecified atom stereocenters. The Morgan fingerprint density at radius 2 is 1.22 bits per heavy atom. The number of fused-ring (bicyclic) bond motifs is 2. The summed E-state index contributed by atoms with van der Waals surface area (Å²) in [4.78, 5) is 51.6. The summed E-state index contributed by atoms with van der Waals surface area (Å²) in [6.45, 7) is 1.10. The second-order valence-electron chi connectivity index (χ2n) is 13.9. The van der Waals surface area contributed by atoms with Crippen LogP contribution in [0.4, 0.5) is 17.6 Å². The summed E-state index contributed by atoms with van der Waals surface area (Å²) in [5, 5.41) is 11.6. The number of ether oxygens (including phenoxy) is 3. The maximum atomic E-state index is 14.0. The van der Waals surface area contributed by atoms with E-state index in [2.05, 4.69) is 39.0 Å². The van der Waals surface area contributed by atoms with E-state index in [-0.39, 0.29) is 17.6 Å². The molecule has 0 aliphatic heterocycles. The monoisotopic (exact) mass is 870 g/mol. The lowest BCUT2D eigenvalue weighted by atomic mass is 9.91. The van der Waals surface area contributed by atoms with E-state index >= 15 is 0 Å². The third-order valence-corrected chi connectivity index (χ3v) is 9.55. The predicted octanol–water partition coefficient (Wildman–Crippen LogP) is 11.0. The van der Waals surface area contributed by atoms with E-state index in [1.54, 1.807) is 18.2 Å². The Labute approximate surface area is 363 Å². The zero-order chi connectivity index (χ0) is 45.4. The number of ketones is 2. The number of halogens is 4. The van der Waals surface area contributed by atoms with Gasteiger partial charge in [0.1, 0.15) is 48.0 Å². The molecule has 0 amide bonds. The zero-order valence-corrected chi connectivity index (χ0v) is 33.7. The summed E-state index contributed by atoms with van der Waals surface area (Å²) >= 11 is 0. The molecule has 0 bridgehead atoms. The number of aliphatic carboxylic acids is 1. The highest BCUT2D eigenvalue weighted by molar-refractivity contribution is 6.04. The number of aromatic nitrogens is 2. The van der Waals surface area contributed by atoms with Gasteiger partial charge in [-0.25, -0.2) is 17.6 Å². The number of rotatable bonds is 15. The summed E-state index contributed by atoms with van der Waals surface area (Å²) in [6.07, 6.45) is 4.68. The maximum Gasteiger partial charge on any atom is 0.311 e. The van der Waals surface area contributed by atoms with Crippen LogP contribution in [0.3, 0.4) is 0 Å². The van der Waals surface area contributed by atoms with Crippen LogP contribution < -0.4 is 9.47 Å². The Bertz CT molecular complexity index is 2900. The van der Waals surface area contributed by atoms with Crippen LogP contribution in [0.1, 0.15) is 49.7 Å². The molecular formula is C50H38F4N2O8. The summed E-state index contributed by atoms with van der Waals surface area (Å²) in [6, 6.07) is 38.3. The third kappa shape index (κ3) is 12.4. The Kier molecular flexibility index (Phi) is 15.6. The third-order valence-electron chi connectivity index (χ3n) is 9.55. The second kappa shape index (κ2) is 22.0. The number of hydrogen-bond acceptors (Lipinski definition) is 7. The van der Waals surface area contributed by atoms with E-state index < -0.39 is 53.1 Å². The molecule has 1 atom stereocenters. The second-order valence-corrected chi connectivity index (χ2v) is 13.9. The Morgan fingerprint density at radius 1 is 0.641 bits per heavy atom. The van der Waals surface area contributed by atoms with Crippen LogP contribution in [-0.4, -0.2) is 39.1 Å². The SMILES string of the molecule is O=C(CC(C(=O)O)c1c[nH]c2cc(OCc3ccccc3)ccc12)c1ccc(F)cc1F.O=CO/C=C/C(=O)c1ccc(F)cc1F.c1ccc(COc2ccc3cc[nH]c3c2)cc1. The Balaban J connectivity index is 0.000000178. The molecule has 2 heterocycles. The van der Waals surface area contributed by atoms with Gasteiger partial charge in [0.2, 0.25) is 0 Å². The van der Waals surface area contributed by atoms with Gasteiger partial charge in [-0.1, -0.05) is 60.7 Å². The highest BCUT2D eigenvalue weighted by Crippen LogP contribution is 2.32. The van der Waals surface area contributed by atoms with Gasteiger partial charge >= 0.3 is 5.97 Å². The van der Waals surface area contributed by atoms with E-state index in [1.807, 2.05) is 66.9 Å². The maximum absolute atomic E-state index is 14.0. The van der Waals surface area contributed by atoms with Crippen molar-refractivity contribution < 1.29 is 56.1 Å². The van der Waals surface area contributed by atoms with E-state index in [0.717, 1.165) is 53.4 Å². The van der Waals surface area contributed by atoms with Crippen molar-refractivity contribution >= 4 is 45.8 Å². The van der Waals surface area contributed by atoms with Crippen molar-refractivity contribution in [1.29, 1.82) is 0 Å². The molecule has 0 aliphatic rings. The number of carboxylic acids is 1. The number of benzene rings is 6. The van der Waals surface area contributed by atoms with E-state index in [9.17, 15) is 41.8 Å². The Hall–Kier alpha value is -8.26. The van der Waals surface area contributed by atoms with Crippen molar-refractivity contribution in [3.63, 3.8) is 0 Å². The number of aromatic amines is 2. The molecule has 8 aromatic rings. The number of carbonyl (C=O) groups excluding carboxylic acids is 3. The molecule has 0 saturated heterocycles. The minimum Gasteiger partial charge on any atom is -0.489 e. The molecule has 6 aromatic carbocycles. The first kappa shape index (κ1) is 45.3. The minimum atomic E-state index is -1.22. The van der Waals surface area contributed by atoms with Crippen LogP contribution in [0.5, 0.6) is 11.5 Å². The number of carboxylic acid groups (broad SMARTS) is 1. The molecule has 8 rings (SSSR count). The quantitative estimate of drug-likeness (QED) is 0.0303. The molecule has 324 valence electrons. The fourth-order valence-corrected chi connectivity index (χ4v) is 6.36. The molecule has 3 N–H and O–H groups in total. The highest BCUT2D eigenvalue weighted by Gasteiger charge is 2.28. The van der Waals surface area contributed by atoms with Crippen molar-refractivity contribution in [2.45, 2.75) is 25.6 Å². The number of H-pyrrole nitrogens is 2. The molecule has 0 aliphatic carbocycles. The highest BCUT2D eigenvalue weighted by atomic mass is 19.1. The number of nitrogens with one attached hydrogen (secondary N) is 2. The van der Waals surface area contributed by atoms with Crippen molar-refractivity contribution in [2.24, 2.45) is 0 Å². The first-order chi connectivity index (χ1) is 31.0. The standard InChI is InChI=1S/C25H19F2NO4.C15H13NO.C10H6F2O3/c26-16-6-8-19(22(27)10-16)24(29)12-20(25(30)31)21-13-28-23-11-17(7-9-18(21)23)32-14-15-4-2-1-3-5-15;1-2-4-12(5-3-1)11-17-14-7-6-13-8-9-16-15(13)10-14;11-7-1-2-8(9(12)5-7)10(14)3-4-15-6-13/h1-11,13,20,28H,12,14H2,(H,30,31);1-10,16H,11H2;1-6H/b;;4-3+. The Morgan fingerprint density at radius 3 is 1.80 bits per heavy atom. The molecule has 0 spiro atoms. The van der Waals surface area contributed by atoms with Crippen LogP contribution in [0.15, 0.2) is 164 Å². The van der Waals surface area contributed by atoms with E-state index in [0.29, 0.717) is 47.6 Å². The smallest absolute Gasteiger partial charge is 0.311 e. The van der Waals surface area contributed by atoms with Gasteiger partial charge in [0.05, 0.1) is 23.3 Å². The van der Waals surface area contributed by atoms with E-state index in [1.165, 1.54) is 17.1 Å². The van der Waals surface area contributed by atoms with Crippen LogP contribution in [0.2, 0.25) is 0 Å². The van der Waals surface area contributed by atoms with Gasteiger partial charge in [0.25, 0.3) is 6.47 Å². The fourth-order valence-electron chi connectivity index (χ4n) is 6.36. The summed E-state index contributed by atoms with van der Waals surface area (Å²) < 4.78 is 68.2. The van der Waals surface area contributed by atoms with Crippen molar-refractivity contribution in [1.82, 2.24) is 9.97 Å². The van der Waals surface area contributed by atoms with Crippen LogP contribution in [-0.2, 0) is 27.5 Å². The number of allylic oxidation sites excluding steroid dienone is 1. The molecule has 64 heavy (non-hydrogen) atoms. The van der Waals surface area contributed by atoms with Gasteiger partial charge in [0.15, 0.2) is 11.6 Å². The topological polar surface area (TPSA) is 148 Å². The lowest BCUT2D eigenvalue weighted by molar-refractivity contribution is -0.138. The average Bonchev–Trinajstić information content (AvgIpc) is 3.95. The molecule has 0 fully saturated rings. The lowest BCUT2D eigenvalue weighted by Crippen LogP contribution is -2.17. The summed E-state index contributed by atoms with van der Waals surface area (Å²) in [5.41, 5.74) is 3.72. The van der Waals surface area contributed by atoms with Gasteiger partial charge in [-0.05, 0) is 76.7 Å². The van der Waals surface area contributed by atoms with Crippen LogP contribution in [0.25, 0.3) is 21.8 Å². The van der Waals surface area contributed by atoms with Gasteiger partial charge < -0.3 is 29.3 Å². The number of hydrogen-bond donors (Lipinski definition) is 3. The first-order valence-corrected chi connectivity index (χ1v) is 19.5. The summed E-state index contributed by atoms with van der Waals surface area (Å²) in [7, 11) is 0. The normalized spacial score (nSPS) is 11.2. The van der Waals surface area contributed by atoms with Crippen molar-refractivity contribution in [2.75, 3.05) is 0 Å². The zero-order valence-electron chi connectivity index (χ0n) is 33.7. The van der Waals surface area contributed by atoms with Gasteiger partial charge in [-0.2, -0.15) is 0 Å². The molecule has 14 heteroatoms. The van der Waals surface area contributed by atoms with Gasteiger partial charge in [0, 0.05) is 65.6 Å². The fraction of sp³-hybridized carbons (Fsp3) is 0.0800. The predicted molar refractivity (Wildman–Crippen MR) is 231 cm³/mol. The van der Waals surface area contributed by atoms with Crippen LogP contribution >= 0.6 is 0 Å². The van der Waals surface area contributed by atoms with Gasteiger partial charge in [-0.15, -0.1) is 0 Å². The molecule has 0 radical (unpaired) electrons. The molecule has 0 saturated carbocycles. The molecular weight excluding hydrogens is 833 g/mol. The molecule has 10 nitrogen and oxygen atoms in total.